The van der Waals surface area contributed by atoms with Gasteiger partial charge < -0.3 is 19.5 Å². The normalized spacial score (nSPS) is 11.1. The Balaban J connectivity index is 2.84. The van der Waals surface area contributed by atoms with Crippen LogP contribution in [0, 0.1) is 0 Å². The number of carbonyl (C=O) groups is 2. The van der Waals surface area contributed by atoms with Crippen LogP contribution in [0.4, 0.5) is 0 Å². The molecule has 0 aliphatic heterocycles. The second kappa shape index (κ2) is 7.39. The van der Waals surface area contributed by atoms with Crippen molar-refractivity contribution in [2.45, 2.75) is 19.4 Å². The Hall–Kier alpha value is -2.64. The third-order valence-electron chi connectivity index (χ3n) is 2.68. The number of hydrogen-bond acceptors (Lipinski definition) is 7. The highest BCUT2D eigenvalue weighted by molar-refractivity contribution is 5.96. The molecule has 0 saturated carbocycles. The largest absolute Gasteiger partial charge is 0.480 e. The summed E-state index contributed by atoms with van der Waals surface area (Å²) in [7, 11) is 4.14. The van der Waals surface area contributed by atoms with Gasteiger partial charge in [0.05, 0.1) is 26.9 Å². The van der Waals surface area contributed by atoms with E-state index in [1.807, 2.05) is 0 Å². The van der Waals surface area contributed by atoms with Gasteiger partial charge in [0.2, 0.25) is 11.8 Å². The van der Waals surface area contributed by atoms with Crippen molar-refractivity contribution in [1.29, 1.82) is 0 Å². The van der Waals surface area contributed by atoms with Crippen LogP contribution < -0.4 is 14.8 Å². The van der Waals surface area contributed by atoms with Crippen molar-refractivity contribution in [2.75, 3.05) is 21.3 Å². The average Bonchev–Trinajstić information content (AvgIpc) is 2.51. The maximum atomic E-state index is 11.9. The van der Waals surface area contributed by atoms with Crippen LogP contribution in [0.25, 0.3) is 6.08 Å². The van der Waals surface area contributed by atoms with E-state index in [9.17, 15) is 9.59 Å². The van der Waals surface area contributed by atoms with E-state index in [0.29, 0.717) is 5.56 Å². The highest BCUT2D eigenvalue weighted by atomic mass is 16.5. The predicted molar refractivity (Wildman–Crippen MR) is 78.4 cm³/mol. The Labute approximate surface area is 128 Å². The van der Waals surface area contributed by atoms with E-state index in [0.717, 1.165) is 0 Å². The Kier molecular flexibility index (Phi) is 5.85. The van der Waals surface area contributed by atoms with Crippen LogP contribution in [-0.4, -0.2) is 48.7 Å². The molecule has 0 saturated heterocycles. The van der Waals surface area contributed by atoms with Crippen LogP contribution in [-0.2, 0) is 14.3 Å². The van der Waals surface area contributed by atoms with Gasteiger partial charge in [0.25, 0.3) is 0 Å². The number of esters is 1. The third-order valence-corrected chi connectivity index (χ3v) is 2.68. The molecule has 1 heterocycles. The molecule has 120 valence electrons. The number of methoxy groups -OCH3 is 3. The number of nitrogens with zero attached hydrogens (tertiary/aromatic N) is 2. The summed E-state index contributed by atoms with van der Waals surface area (Å²) >= 11 is 0. The van der Waals surface area contributed by atoms with Gasteiger partial charge in [0.1, 0.15) is 5.54 Å². The lowest BCUT2D eigenvalue weighted by molar-refractivity contribution is -0.148. The quantitative estimate of drug-likeness (QED) is 0.606. The zero-order valence-corrected chi connectivity index (χ0v) is 13.2. The molecule has 0 spiro atoms. The molecule has 0 radical (unpaired) electrons. The Morgan fingerprint density at radius 1 is 1.23 bits per heavy atom. The zero-order valence-electron chi connectivity index (χ0n) is 13.2. The number of hydrogen-bond donors (Lipinski definition) is 1. The fraction of sp³-hybridized carbons (Fsp3) is 0.429. The van der Waals surface area contributed by atoms with Gasteiger partial charge >= 0.3 is 12.0 Å². The van der Waals surface area contributed by atoms with Crippen molar-refractivity contribution in [3.8, 4) is 11.9 Å². The molecule has 0 unspecified atom stereocenters. The number of nitrogens with one attached hydrogen (secondary N) is 1. The number of amides is 1. The highest BCUT2D eigenvalue weighted by Crippen LogP contribution is 2.18. The minimum Gasteiger partial charge on any atom is -0.480 e. The van der Waals surface area contributed by atoms with Crippen molar-refractivity contribution in [1.82, 2.24) is 15.3 Å². The number of aromatic nitrogens is 2. The molecule has 1 N–H and O–H groups in total. The Bertz CT molecular complexity index is 584. The minimum absolute atomic E-state index is 0.158. The summed E-state index contributed by atoms with van der Waals surface area (Å²) in [5, 5.41) is 2.53. The lowest BCUT2D eigenvalue weighted by Crippen LogP contribution is -2.49. The number of rotatable bonds is 6. The standard InChI is InChI=1S/C14H19N3O5/c1-14(2,12(19)21-4)17-10(18)7-6-9-8-15-13(22-5)16-11(9)20-3/h6-8H,1-5H3,(H,17,18). The molecule has 1 rings (SSSR count). The third kappa shape index (κ3) is 4.44. The van der Waals surface area contributed by atoms with Gasteiger partial charge in [-0.3, -0.25) is 4.79 Å². The fourth-order valence-corrected chi connectivity index (χ4v) is 1.56. The summed E-state index contributed by atoms with van der Waals surface area (Å²) in [6, 6.07) is 0.158. The summed E-state index contributed by atoms with van der Waals surface area (Å²) in [5.74, 6) is -0.740. The number of carbonyl (C=O) groups excluding carboxylic acids is 2. The topological polar surface area (TPSA) is 99.6 Å². The van der Waals surface area contributed by atoms with E-state index in [-0.39, 0.29) is 11.9 Å². The molecule has 1 aromatic rings. The van der Waals surface area contributed by atoms with Crippen LogP contribution in [0.5, 0.6) is 11.9 Å². The van der Waals surface area contributed by atoms with Crippen molar-refractivity contribution in [3.05, 3.63) is 17.8 Å². The van der Waals surface area contributed by atoms with Crippen molar-refractivity contribution in [2.24, 2.45) is 0 Å². The van der Waals surface area contributed by atoms with Gasteiger partial charge in [-0.2, -0.15) is 4.98 Å². The predicted octanol–water partition coefficient (Wildman–Crippen LogP) is 0.575. The van der Waals surface area contributed by atoms with E-state index in [2.05, 4.69) is 20.0 Å². The first-order chi connectivity index (χ1) is 10.3. The lowest BCUT2D eigenvalue weighted by atomic mass is 10.1. The van der Waals surface area contributed by atoms with E-state index in [1.165, 1.54) is 39.7 Å². The first-order valence-electron chi connectivity index (χ1n) is 6.37. The van der Waals surface area contributed by atoms with Crippen LogP contribution >= 0.6 is 0 Å². The SMILES string of the molecule is COC(=O)C(C)(C)NC(=O)C=Cc1cnc(OC)nc1OC. The maximum Gasteiger partial charge on any atom is 0.330 e. The fourth-order valence-electron chi connectivity index (χ4n) is 1.56. The van der Waals surface area contributed by atoms with Gasteiger partial charge in [-0.05, 0) is 19.9 Å². The molecule has 1 aromatic heterocycles. The van der Waals surface area contributed by atoms with E-state index < -0.39 is 17.4 Å². The monoisotopic (exact) mass is 309 g/mol. The summed E-state index contributed by atoms with van der Waals surface area (Å²) in [6.07, 6.45) is 4.18. The van der Waals surface area contributed by atoms with Crippen molar-refractivity contribution < 1.29 is 23.8 Å². The molecule has 22 heavy (non-hydrogen) atoms. The van der Waals surface area contributed by atoms with Crippen LogP contribution in [0.3, 0.4) is 0 Å². The first kappa shape index (κ1) is 17.4. The zero-order chi connectivity index (χ0) is 16.8. The molecule has 0 aromatic carbocycles. The summed E-state index contributed by atoms with van der Waals surface area (Å²) < 4.78 is 14.6. The summed E-state index contributed by atoms with van der Waals surface area (Å²) in [5.41, 5.74) is -0.634. The summed E-state index contributed by atoms with van der Waals surface area (Å²) in [4.78, 5) is 31.3. The van der Waals surface area contributed by atoms with Gasteiger partial charge in [-0.15, -0.1) is 0 Å². The van der Waals surface area contributed by atoms with Crippen LogP contribution in [0.2, 0.25) is 0 Å². The maximum absolute atomic E-state index is 11.9. The van der Waals surface area contributed by atoms with Gasteiger partial charge in [-0.25, -0.2) is 9.78 Å². The molecular weight excluding hydrogens is 290 g/mol. The van der Waals surface area contributed by atoms with E-state index >= 15 is 0 Å². The molecule has 0 aliphatic carbocycles. The molecule has 0 fully saturated rings. The average molecular weight is 309 g/mol. The lowest BCUT2D eigenvalue weighted by Gasteiger charge is -2.22. The molecular formula is C14H19N3O5. The van der Waals surface area contributed by atoms with Crippen LogP contribution in [0.15, 0.2) is 12.3 Å². The van der Waals surface area contributed by atoms with Crippen LogP contribution in [0.1, 0.15) is 19.4 Å². The molecule has 0 aliphatic rings. The van der Waals surface area contributed by atoms with E-state index in [4.69, 9.17) is 9.47 Å². The number of ether oxygens (including phenoxy) is 3. The molecule has 8 nitrogen and oxygen atoms in total. The second-order valence-electron chi connectivity index (χ2n) is 4.76. The molecule has 1 amide bonds. The van der Waals surface area contributed by atoms with Gasteiger partial charge in [0.15, 0.2) is 0 Å². The Morgan fingerprint density at radius 2 is 1.91 bits per heavy atom. The van der Waals surface area contributed by atoms with Crippen molar-refractivity contribution >= 4 is 18.0 Å². The molecule has 0 bridgehead atoms. The van der Waals surface area contributed by atoms with Gasteiger partial charge in [0, 0.05) is 12.3 Å². The molecule has 0 atom stereocenters. The smallest absolute Gasteiger partial charge is 0.330 e. The van der Waals surface area contributed by atoms with E-state index in [1.54, 1.807) is 13.8 Å². The van der Waals surface area contributed by atoms with Gasteiger partial charge in [-0.1, -0.05) is 0 Å². The minimum atomic E-state index is -1.13. The highest BCUT2D eigenvalue weighted by Gasteiger charge is 2.29. The summed E-state index contributed by atoms with van der Waals surface area (Å²) in [6.45, 7) is 3.09. The second-order valence-corrected chi connectivity index (χ2v) is 4.76. The first-order valence-corrected chi connectivity index (χ1v) is 6.37. The Morgan fingerprint density at radius 3 is 2.45 bits per heavy atom. The van der Waals surface area contributed by atoms with Crippen molar-refractivity contribution in [3.63, 3.8) is 0 Å². The molecule has 8 heteroatoms.